The molecule has 0 atom stereocenters. The summed E-state index contributed by atoms with van der Waals surface area (Å²) in [4.78, 5) is 4.66. The minimum absolute atomic E-state index is 0.820. The normalized spacial score (nSPS) is 11.8. The Morgan fingerprint density at radius 3 is 2.29 bits per heavy atom. The molecule has 0 aliphatic carbocycles. The third-order valence-corrected chi connectivity index (χ3v) is 7.47. The van der Waals surface area contributed by atoms with Gasteiger partial charge < -0.3 is 0 Å². The van der Waals surface area contributed by atoms with E-state index in [1.54, 1.807) is 0 Å². The van der Waals surface area contributed by atoms with Crippen LogP contribution in [0, 0.1) is 0 Å². The van der Waals surface area contributed by atoms with Crippen LogP contribution >= 0.6 is 0 Å². The van der Waals surface area contributed by atoms with Crippen molar-refractivity contribution >= 4 is 43.6 Å². The lowest BCUT2D eigenvalue weighted by Crippen LogP contribution is -2.30. The van der Waals surface area contributed by atoms with Crippen LogP contribution in [-0.2, 0) is 6.42 Å². The molecule has 0 N–H and O–H groups in total. The summed E-state index contributed by atoms with van der Waals surface area (Å²) in [7, 11) is 0. The van der Waals surface area contributed by atoms with Crippen molar-refractivity contribution in [1.82, 2.24) is 14.7 Å². The first-order valence-electron chi connectivity index (χ1n) is 12.9. The summed E-state index contributed by atoms with van der Waals surface area (Å²) in [5, 5.41) is 9.88. The van der Waals surface area contributed by atoms with E-state index >= 15 is 0 Å². The van der Waals surface area contributed by atoms with Crippen molar-refractivity contribution in [3.05, 3.63) is 139 Å². The van der Waals surface area contributed by atoms with E-state index in [2.05, 4.69) is 123 Å². The molecule has 0 aliphatic heterocycles. The zero-order valence-corrected chi connectivity index (χ0v) is 20.6. The monoisotopic (exact) mass is 487 g/mol. The fourth-order valence-corrected chi connectivity index (χ4v) is 5.78. The van der Waals surface area contributed by atoms with Crippen molar-refractivity contribution in [2.75, 3.05) is 0 Å². The van der Waals surface area contributed by atoms with Gasteiger partial charge in [0.05, 0.1) is 10.8 Å². The van der Waals surface area contributed by atoms with Gasteiger partial charge in [-0.3, -0.25) is 4.98 Å². The molecule has 0 bridgehead atoms. The third kappa shape index (κ3) is 3.20. The van der Waals surface area contributed by atoms with Crippen LogP contribution in [0.25, 0.3) is 54.9 Å². The topological polar surface area (TPSA) is 34.3 Å². The van der Waals surface area contributed by atoms with Gasteiger partial charge in [-0.1, -0.05) is 72.8 Å². The standard InChI is InChI=1S/C34H23N4/c1-2-10-26-25(9-1)20-24(21-29(26)30-12-7-8-18-35-30)19-23-16-17-28-27-11-3-5-14-32(27)37-33-15-6-4-13-31(33)36-38(37)34(28)22-23/h1-18,20-22H,19H2/q+1. The quantitative estimate of drug-likeness (QED) is 0.195. The summed E-state index contributed by atoms with van der Waals surface area (Å²) in [5.74, 6) is 0. The average molecular weight is 488 g/mol. The van der Waals surface area contributed by atoms with Gasteiger partial charge in [0.1, 0.15) is 5.52 Å². The molecule has 0 saturated heterocycles. The van der Waals surface area contributed by atoms with Gasteiger partial charge in [-0.25, -0.2) is 0 Å². The predicted molar refractivity (Wildman–Crippen MR) is 153 cm³/mol. The molecular weight excluding hydrogens is 464 g/mol. The van der Waals surface area contributed by atoms with Gasteiger partial charge in [0.15, 0.2) is 5.52 Å². The van der Waals surface area contributed by atoms with E-state index in [1.165, 1.54) is 38.2 Å². The molecule has 8 rings (SSSR count). The molecule has 5 aromatic carbocycles. The zero-order chi connectivity index (χ0) is 25.1. The average Bonchev–Trinajstić information content (AvgIpc) is 3.38. The van der Waals surface area contributed by atoms with Crippen molar-refractivity contribution in [1.29, 1.82) is 0 Å². The number of benzene rings is 5. The van der Waals surface area contributed by atoms with Crippen molar-refractivity contribution in [2.24, 2.45) is 0 Å². The summed E-state index contributed by atoms with van der Waals surface area (Å²) in [6, 6.07) is 43.0. The second-order valence-corrected chi connectivity index (χ2v) is 9.81. The molecule has 38 heavy (non-hydrogen) atoms. The summed E-state index contributed by atoms with van der Waals surface area (Å²) in [6.45, 7) is 0. The Balaban J connectivity index is 1.34. The van der Waals surface area contributed by atoms with E-state index < -0.39 is 0 Å². The molecule has 178 valence electrons. The van der Waals surface area contributed by atoms with Gasteiger partial charge in [0.25, 0.3) is 0 Å². The molecule has 0 spiro atoms. The van der Waals surface area contributed by atoms with E-state index in [9.17, 15) is 0 Å². The smallest absolute Gasteiger partial charge is 0.250 e. The molecule has 4 nitrogen and oxygen atoms in total. The van der Waals surface area contributed by atoms with Crippen LogP contribution in [0.3, 0.4) is 0 Å². The van der Waals surface area contributed by atoms with E-state index in [0.717, 1.165) is 34.2 Å². The second-order valence-electron chi connectivity index (χ2n) is 9.81. The number of rotatable bonds is 3. The van der Waals surface area contributed by atoms with E-state index in [1.807, 2.05) is 18.3 Å². The Labute approximate surface area is 219 Å². The number of fused-ring (bicyclic) bond motifs is 9. The van der Waals surface area contributed by atoms with Gasteiger partial charge in [0, 0.05) is 22.5 Å². The van der Waals surface area contributed by atoms with Gasteiger partial charge in [0.2, 0.25) is 11.0 Å². The molecule has 0 amide bonds. The number of aromatic nitrogens is 4. The highest BCUT2D eigenvalue weighted by Crippen LogP contribution is 2.31. The van der Waals surface area contributed by atoms with E-state index in [0.29, 0.717) is 0 Å². The van der Waals surface area contributed by atoms with Crippen LogP contribution in [0.2, 0.25) is 0 Å². The van der Waals surface area contributed by atoms with E-state index in [-0.39, 0.29) is 0 Å². The largest absolute Gasteiger partial charge is 0.256 e. The zero-order valence-electron chi connectivity index (χ0n) is 20.6. The van der Waals surface area contributed by atoms with Crippen LogP contribution in [0.1, 0.15) is 11.1 Å². The number of pyridine rings is 1. The highest BCUT2D eigenvalue weighted by molar-refractivity contribution is 6.03. The number of hydrogen-bond acceptors (Lipinski definition) is 2. The van der Waals surface area contributed by atoms with Gasteiger partial charge in [-0.2, -0.15) is 0 Å². The minimum atomic E-state index is 0.820. The molecule has 0 aliphatic rings. The lowest BCUT2D eigenvalue weighted by molar-refractivity contribution is -0.567. The lowest BCUT2D eigenvalue weighted by Gasteiger charge is -2.11. The van der Waals surface area contributed by atoms with Crippen LogP contribution < -0.4 is 4.52 Å². The highest BCUT2D eigenvalue weighted by Gasteiger charge is 2.20. The molecule has 4 heteroatoms. The lowest BCUT2D eigenvalue weighted by atomic mass is 9.95. The fraction of sp³-hybridized carbons (Fsp3) is 0.0294. The summed E-state index contributed by atoms with van der Waals surface area (Å²) in [5.41, 5.74) is 9.01. The Kier molecular flexibility index (Phi) is 4.55. The van der Waals surface area contributed by atoms with Crippen LogP contribution in [-0.4, -0.2) is 14.7 Å². The molecule has 0 unspecified atom stereocenters. The third-order valence-electron chi connectivity index (χ3n) is 7.47. The van der Waals surface area contributed by atoms with Crippen LogP contribution in [0.5, 0.6) is 0 Å². The minimum Gasteiger partial charge on any atom is -0.256 e. The SMILES string of the molecule is c1ccc(-c2cc(Cc3ccc4c5ccccc5[n+]5c6ccccc6nn5c4c3)cc3ccccc23)nc1. The number of para-hydroxylation sites is 2. The fourth-order valence-electron chi connectivity index (χ4n) is 5.78. The highest BCUT2D eigenvalue weighted by atomic mass is 15.5. The van der Waals surface area contributed by atoms with Crippen molar-refractivity contribution < 1.29 is 4.52 Å². The Hall–Kier alpha value is -5.09. The molecule has 0 radical (unpaired) electrons. The molecule has 0 fully saturated rings. The number of hydrogen-bond donors (Lipinski definition) is 0. The summed E-state index contributed by atoms with van der Waals surface area (Å²) in [6.07, 6.45) is 2.68. The van der Waals surface area contributed by atoms with Crippen LogP contribution in [0.4, 0.5) is 0 Å². The van der Waals surface area contributed by atoms with Crippen LogP contribution in [0.15, 0.2) is 128 Å². The maximum Gasteiger partial charge on any atom is 0.250 e. The van der Waals surface area contributed by atoms with Crippen molar-refractivity contribution in [2.45, 2.75) is 6.42 Å². The predicted octanol–water partition coefficient (Wildman–Crippen LogP) is 7.19. The molecule has 0 saturated carbocycles. The first-order chi connectivity index (χ1) is 18.8. The molecule has 3 aromatic heterocycles. The van der Waals surface area contributed by atoms with Crippen molar-refractivity contribution in [3.63, 3.8) is 0 Å². The maximum absolute atomic E-state index is 5.01. The molecular formula is C34H23N4+. The van der Waals surface area contributed by atoms with E-state index in [4.69, 9.17) is 5.10 Å². The summed E-state index contributed by atoms with van der Waals surface area (Å²) < 4.78 is 4.29. The number of nitrogens with zero attached hydrogens (tertiary/aromatic N) is 4. The Morgan fingerprint density at radius 2 is 1.39 bits per heavy atom. The van der Waals surface area contributed by atoms with Gasteiger partial charge in [-0.15, -0.1) is 4.52 Å². The Bertz CT molecular complexity index is 2160. The van der Waals surface area contributed by atoms with Gasteiger partial charge in [-0.05, 0) is 81.5 Å². The van der Waals surface area contributed by atoms with Crippen molar-refractivity contribution in [3.8, 4) is 11.3 Å². The first-order valence-corrected chi connectivity index (χ1v) is 12.9. The maximum atomic E-state index is 5.01. The second kappa shape index (κ2) is 8.22. The molecule has 3 heterocycles. The summed E-state index contributed by atoms with van der Waals surface area (Å²) >= 11 is 0. The first kappa shape index (κ1) is 21.0. The Morgan fingerprint density at radius 1 is 0.605 bits per heavy atom. The van der Waals surface area contributed by atoms with Gasteiger partial charge >= 0.3 is 0 Å². The molecule has 8 aromatic rings.